The van der Waals surface area contributed by atoms with Gasteiger partial charge in [0.2, 0.25) is 0 Å². The van der Waals surface area contributed by atoms with E-state index in [0.29, 0.717) is 5.02 Å². The monoisotopic (exact) mass is 345 g/mol. The van der Waals surface area contributed by atoms with Crippen LogP contribution in [0.1, 0.15) is 12.5 Å². The molecule has 25 heavy (non-hydrogen) atoms. The highest BCUT2D eigenvalue weighted by molar-refractivity contribution is 6.31. The van der Waals surface area contributed by atoms with Gasteiger partial charge in [0.1, 0.15) is 0 Å². The lowest BCUT2D eigenvalue weighted by Gasteiger charge is -2.08. The first-order chi connectivity index (χ1) is 12.2. The van der Waals surface area contributed by atoms with Gasteiger partial charge in [-0.1, -0.05) is 48.0 Å². The van der Waals surface area contributed by atoms with Crippen LogP contribution in [0.4, 0.5) is 5.69 Å². The van der Waals surface area contributed by atoms with Gasteiger partial charge in [-0.05, 0) is 53.6 Å². The number of fused-ring (bicyclic) bond motifs is 2. The molecule has 3 aromatic carbocycles. The van der Waals surface area contributed by atoms with E-state index in [1.54, 1.807) is 6.20 Å². The molecule has 0 radical (unpaired) electrons. The van der Waals surface area contributed by atoms with Gasteiger partial charge >= 0.3 is 0 Å². The van der Waals surface area contributed by atoms with Crippen molar-refractivity contribution in [3.8, 4) is 0 Å². The van der Waals surface area contributed by atoms with Crippen LogP contribution in [0.5, 0.6) is 0 Å². The fourth-order valence-electron chi connectivity index (χ4n) is 2.84. The summed E-state index contributed by atoms with van der Waals surface area (Å²) >= 11 is 6.04. The lowest BCUT2D eigenvalue weighted by Crippen LogP contribution is -2.00. The number of nitrogens with one attached hydrogen (secondary N) is 1. The van der Waals surface area contributed by atoms with Gasteiger partial charge in [0.25, 0.3) is 0 Å². The minimum atomic E-state index is 0.674. The molecule has 0 atom stereocenters. The maximum atomic E-state index is 6.04. The van der Waals surface area contributed by atoms with E-state index in [4.69, 9.17) is 11.6 Å². The van der Waals surface area contributed by atoms with Crippen LogP contribution in [0.2, 0.25) is 5.02 Å². The lowest BCUT2D eigenvalue weighted by atomic mass is 10.0. The second-order valence-electron chi connectivity index (χ2n) is 5.89. The molecule has 3 nitrogen and oxygen atoms in total. The molecule has 1 heterocycles. The third-order valence-electron chi connectivity index (χ3n) is 4.22. The SMILES string of the molecule is CC(=NNc1ccnc2cc(Cl)ccc12)c1ccc2ccccc2c1. The van der Waals surface area contributed by atoms with Crippen molar-refractivity contribution < 1.29 is 0 Å². The van der Waals surface area contributed by atoms with Gasteiger partial charge in [0.05, 0.1) is 16.9 Å². The van der Waals surface area contributed by atoms with Crippen molar-refractivity contribution in [1.82, 2.24) is 4.98 Å². The third-order valence-corrected chi connectivity index (χ3v) is 4.45. The zero-order valence-electron chi connectivity index (χ0n) is 13.7. The Kier molecular flexibility index (Phi) is 4.08. The number of aromatic nitrogens is 1. The zero-order chi connectivity index (χ0) is 17.2. The Labute approximate surface area is 151 Å². The molecule has 4 aromatic rings. The molecule has 0 fully saturated rings. The van der Waals surface area contributed by atoms with Gasteiger partial charge in [-0.15, -0.1) is 0 Å². The van der Waals surface area contributed by atoms with Crippen LogP contribution in [0.3, 0.4) is 0 Å². The van der Waals surface area contributed by atoms with Crippen molar-refractivity contribution in [1.29, 1.82) is 0 Å². The average Bonchev–Trinajstić information content (AvgIpc) is 2.65. The molecular weight excluding hydrogens is 330 g/mol. The van der Waals surface area contributed by atoms with Gasteiger partial charge in [0.15, 0.2) is 0 Å². The first kappa shape index (κ1) is 15.6. The Morgan fingerprint density at radius 2 is 1.80 bits per heavy atom. The fourth-order valence-corrected chi connectivity index (χ4v) is 3.01. The molecule has 0 aliphatic heterocycles. The van der Waals surface area contributed by atoms with Crippen molar-refractivity contribution in [2.75, 3.05) is 5.43 Å². The number of pyridine rings is 1. The van der Waals surface area contributed by atoms with E-state index in [9.17, 15) is 0 Å². The smallest absolute Gasteiger partial charge is 0.0738 e. The summed E-state index contributed by atoms with van der Waals surface area (Å²) in [6.07, 6.45) is 1.75. The number of nitrogens with zero attached hydrogens (tertiary/aromatic N) is 2. The maximum absolute atomic E-state index is 6.04. The van der Waals surface area contributed by atoms with E-state index < -0.39 is 0 Å². The highest BCUT2D eigenvalue weighted by Crippen LogP contribution is 2.24. The topological polar surface area (TPSA) is 37.3 Å². The average molecular weight is 346 g/mol. The summed E-state index contributed by atoms with van der Waals surface area (Å²) in [6, 6.07) is 22.2. The molecule has 0 aliphatic carbocycles. The molecule has 1 N–H and O–H groups in total. The van der Waals surface area contributed by atoms with E-state index in [1.807, 2.05) is 43.3 Å². The number of hydrogen-bond donors (Lipinski definition) is 1. The Balaban J connectivity index is 1.66. The quantitative estimate of drug-likeness (QED) is 0.372. The summed E-state index contributed by atoms with van der Waals surface area (Å²) in [6.45, 7) is 2.00. The van der Waals surface area contributed by atoms with Crippen molar-refractivity contribution in [2.45, 2.75) is 6.92 Å². The predicted octanol–water partition coefficient (Wildman–Crippen LogP) is 5.88. The predicted molar refractivity (Wildman–Crippen MR) is 107 cm³/mol. The lowest BCUT2D eigenvalue weighted by molar-refractivity contribution is 1.31. The van der Waals surface area contributed by atoms with Crippen LogP contribution in [0.25, 0.3) is 21.7 Å². The molecule has 1 aromatic heterocycles. The van der Waals surface area contributed by atoms with Gasteiger partial charge in [-0.25, -0.2) is 0 Å². The molecule has 0 saturated heterocycles. The number of benzene rings is 3. The fraction of sp³-hybridized carbons (Fsp3) is 0.0476. The van der Waals surface area contributed by atoms with Crippen LogP contribution >= 0.6 is 11.6 Å². The molecule has 0 amide bonds. The molecule has 122 valence electrons. The molecule has 0 bridgehead atoms. The molecule has 0 saturated carbocycles. The van der Waals surface area contributed by atoms with Crippen LogP contribution in [0, 0.1) is 0 Å². The first-order valence-electron chi connectivity index (χ1n) is 8.04. The standard InChI is InChI=1S/C21H16ClN3/c1-14(16-7-6-15-4-2-3-5-17(15)12-16)24-25-20-10-11-23-21-13-18(22)8-9-19(20)21/h2-13H,1H3,(H,23,25). The summed E-state index contributed by atoms with van der Waals surface area (Å²) in [5, 5.41) is 8.64. The summed E-state index contributed by atoms with van der Waals surface area (Å²) in [4.78, 5) is 4.35. The number of hydrogen-bond acceptors (Lipinski definition) is 3. The highest BCUT2D eigenvalue weighted by Gasteiger charge is 2.03. The van der Waals surface area contributed by atoms with Crippen molar-refractivity contribution in [3.63, 3.8) is 0 Å². The van der Waals surface area contributed by atoms with Crippen LogP contribution < -0.4 is 5.43 Å². The molecule has 0 spiro atoms. The normalized spacial score (nSPS) is 11.8. The largest absolute Gasteiger partial charge is 0.277 e. The number of rotatable bonds is 3. The van der Waals surface area contributed by atoms with Gasteiger partial charge in [-0.2, -0.15) is 5.10 Å². The molecular formula is C21H16ClN3. The minimum absolute atomic E-state index is 0.674. The van der Waals surface area contributed by atoms with Crippen LogP contribution in [-0.4, -0.2) is 10.7 Å². The second kappa shape index (κ2) is 6.54. The van der Waals surface area contributed by atoms with E-state index in [2.05, 4.69) is 45.8 Å². The molecule has 4 heteroatoms. The highest BCUT2D eigenvalue weighted by atomic mass is 35.5. The second-order valence-corrected chi connectivity index (χ2v) is 6.33. The zero-order valence-corrected chi connectivity index (χ0v) is 14.5. The molecule has 0 unspecified atom stereocenters. The van der Waals surface area contributed by atoms with Crippen LogP contribution in [0.15, 0.2) is 78.0 Å². The number of anilines is 1. The molecule has 4 rings (SSSR count). The van der Waals surface area contributed by atoms with E-state index in [-0.39, 0.29) is 0 Å². The minimum Gasteiger partial charge on any atom is -0.277 e. The third kappa shape index (κ3) is 3.19. The maximum Gasteiger partial charge on any atom is 0.0738 e. The first-order valence-corrected chi connectivity index (χ1v) is 8.42. The van der Waals surface area contributed by atoms with E-state index >= 15 is 0 Å². The van der Waals surface area contributed by atoms with Crippen LogP contribution in [-0.2, 0) is 0 Å². The van der Waals surface area contributed by atoms with Gasteiger partial charge in [-0.3, -0.25) is 10.4 Å². The van der Waals surface area contributed by atoms with Crippen molar-refractivity contribution in [2.24, 2.45) is 5.10 Å². The number of halogens is 1. The Morgan fingerprint density at radius 3 is 2.68 bits per heavy atom. The summed E-state index contributed by atoms with van der Waals surface area (Å²) < 4.78 is 0. The Hall–Kier alpha value is -2.91. The van der Waals surface area contributed by atoms with Gasteiger partial charge < -0.3 is 0 Å². The Morgan fingerprint density at radius 1 is 0.960 bits per heavy atom. The van der Waals surface area contributed by atoms with Crippen molar-refractivity contribution >= 4 is 44.7 Å². The van der Waals surface area contributed by atoms with Crippen molar-refractivity contribution in [3.05, 3.63) is 83.5 Å². The van der Waals surface area contributed by atoms with Gasteiger partial charge in [0, 0.05) is 16.6 Å². The summed E-state index contributed by atoms with van der Waals surface area (Å²) in [5.74, 6) is 0. The Bertz CT molecular complexity index is 1100. The molecule has 0 aliphatic rings. The van der Waals surface area contributed by atoms with E-state index in [0.717, 1.165) is 27.9 Å². The summed E-state index contributed by atoms with van der Waals surface area (Å²) in [7, 11) is 0. The van der Waals surface area contributed by atoms with E-state index in [1.165, 1.54) is 10.8 Å². The number of hydrazone groups is 1. The summed E-state index contributed by atoms with van der Waals surface area (Å²) in [5.41, 5.74) is 6.92.